The second kappa shape index (κ2) is 3.62. The lowest BCUT2D eigenvalue weighted by Gasteiger charge is -2.02. The van der Waals surface area contributed by atoms with Crippen LogP contribution in [0.25, 0.3) is 0 Å². The fourth-order valence-corrected chi connectivity index (χ4v) is 0.945. The van der Waals surface area contributed by atoms with Crippen molar-refractivity contribution in [1.82, 2.24) is 0 Å². The van der Waals surface area contributed by atoms with E-state index in [1.54, 1.807) is 0 Å². The first-order valence-corrected chi connectivity index (χ1v) is 3.66. The maximum atomic E-state index is 13.0. The number of hydrogen-bond acceptors (Lipinski definition) is 2. The summed E-state index contributed by atoms with van der Waals surface area (Å²) in [6, 6.07) is 1.72. The van der Waals surface area contributed by atoms with Crippen molar-refractivity contribution < 1.29 is 18.7 Å². The predicted molar refractivity (Wildman–Crippen MR) is 42.5 cm³/mol. The van der Waals surface area contributed by atoms with Crippen LogP contribution < -0.4 is 0 Å². The number of aliphatic hydroxyl groups excluding tert-OH is 1. The molecular weight excluding hydrogens is 178 g/mol. The van der Waals surface area contributed by atoms with Gasteiger partial charge in [-0.1, -0.05) is 0 Å². The van der Waals surface area contributed by atoms with Crippen LogP contribution in [0.3, 0.4) is 0 Å². The van der Waals surface area contributed by atoms with E-state index in [0.29, 0.717) is 0 Å². The van der Waals surface area contributed by atoms with Crippen molar-refractivity contribution in [3.63, 3.8) is 0 Å². The first-order valence-electron chi connectivity index (χ1n) is 3.66. The molecule has 0 saturated carbocycles. The first kappa shape index (κ1) is 9.80. The Morgan fingerprint density at radius 1 is 1.38 bits per heavy atom. The molecule has 0 radical (unpaired) electrons. The van der Waals surface area contributed by atoms with E-state index >= 15 is 0 Å². The number of benzene rings is 1. The predicted octanol–water partition coefficient (Wildman–Crippen LogP) is 1.45. The Balaban J connectivity index is 3.23. The van der Waals surface area contributed by atoms with Gasteiger partial charge in [-0.05, 0) is 24.6 Å². The smallest absolute Gasteiger partial charge is 0.191 e. The molecule has 1 N–H and O–H groups in total. The van der Waals surface area contributed by atoms with Gasteiger partial charge in [0.25, 0.3) is 0 Å². The molecule has 0 fully saturated rings. The minimum atomic E-state index is -0.823. The summed E-state index contributed by atoms with van der Waals surface area (Å²) in [5, 5.41) is 8.43. The molecule has 0 unspecified atom stereocenters. The Hall–Kier alpha value is -1.29. The van der Waals surface area contributed by atoms with Crippen LogP contribution in [0, 0.1) is 18.6 Å². The Morgan fingerprint density at radius 2 is 2.00 bits per heavy atom. The zero-order valence-electron chi connectivity index (χ0n) is 6.97. The third-order valence-electron chi connectivity index (χ3n) is 1.69. The van der Waals surface area contributed by atoms with Crippen molar-refractivity contribution in [2.45, 2.75) is 6.92 Å². The van der Waals surface area contributed by atoms with Gasteiger partial charge in [0, 0.05) is 0 Å². The van der Waals surface area contributed by atoms with Crippen LogP contribution in [0.5, 0.6) is 0 Å². The van der Waals surface area contributed by atoms with E-state index in [1.165, 1.54) is 6.92 Å². The van der Waals surface area contributed by atoms with Gasteiger partial charge in [0.1, 0.15) is 18.2 Å². The zero-order valence-corrected chi connectivity index (χ0v) is 6.97. The average molecular weight is 186 g/mol. The zero-order chi connectivity index (χ0) is 10.0. The Kier molecular flexibility index (Phi) is 2.72. The van der Waals surface area contributed by atoms with Gasteiger partial charge in [-0.3, -0.25) is 4.79 Å². The number of carbonyl (C=O) groups excluding carboxylic acids is 1. The van der Waals surface area contributed by atoms with Crippen LogP contribution in [0.2, 0.25) is 0 Å². The third-order valence-corrected chi connectivity index (χ3v) is 1.69. The number of carbonyl (C=O) groups is 1. The van der Waals surface area contributed by atoms with Gasteiger partial charge in [0.05, 0.1) is 5.56 Å². The molecule has 4 heteroatoms. The van der Waals surface area contributed by atoms with E-state index in [2.05, 4.69) is 0 Å². The molecule has 0 aliphatic rings. The topological polar surface area (TPSA) is 37.3 Å². The highest BCUT2D eigenvalue weighted by atomic mass is 19.1. The Bertz CT molecular complexity index is 348. The molecule has 1 rings (SSSR count). The summed E-state index contributed by atoms with van der Waals surface area (Å²) in [5.74, 6) is -2.28. The monoisotopic (exact) mass is 186 g/mol. The fourth-order valence-electron chi connectivity index (χ4n) is 0.945. The maximum Gasteiger partial charge on any atom is 0.191 e. The molecule has 1 aromatic carbocycles. The fraction of sp³-hybridized carbons (Fsp3) is 0.222. The van der Waals surface area contributed by atoms with Crippen molar-refractivity contribution >= 4 is 5.78 Å². The summed E-state index contributed by atoms with van der Waals surface area (Å²) >= 11 is 0. The summed E-state index contributed by atoms with van der Waals surface area (Å²) in [6.07, 6.45) is 0. The van der Waals surface area contributed by atoms with E-state index < -0.39 is 29.6 Å². The molecule has 0 saturated heterocycles. The normalized spacial score (nSPS) is 10.2. The number of hydrogen-bond donors (Lipinski definition) is 1. The van der Waals surface area contributed by atoms with Gasteiger partial charge >= 0.3 is 0 Å². The van der Waals surface area contributed by atoms with Crippen LogP contribution in [-0.4, -0.2) is 17.5 Å². The summed E-state index contributed by atoms with van der Waals surface area (Å²) in [4.78, 5) is 10.8. The Morgan fingerprint density at radius 3 is 2.54 bits per heavy atom. The number of Topliss-reactive ketones (excluding diaryl/α,β-unsaturated/α-hetero) is 1. The highest BCUT2D eigenvalue weighted by molar-refractivity contribution is 5.97. The summed E-state index contributed by atoms with van der Waals surface area (Å²) < 4.78 is 25.8. The van der Waals surface area contributed by atoms with Crippen LogP contribution in [-0.2, 0) is 0 Å². The third kappa shape index (κ3) is 1.89. The standard InChI is InChI=1S/C9H8F2O2/c1-5-2-8(11)6(3-7(5)10)9(13)4-12/h2-3,12H,4H2,1H3. The van der Waals surface area contributed by atoms with Gasteiger partial charge < -0.3 is 5.11 Å². The SMILES string of the molecule is Cc1cc(F)c(C(=O)CO)cc1F. The van der Waals surface area contributed by atoms with Crippen molar-refractivity contribution in [1.29, 1.82) is 0 Å². The molecule has 0 heterocycles. The van der Waals surface area contributed by atoms with Crippen LogP contribution in [0.15, 0.2) is 12.1 Å². The molecule has 0 amide bonds. The lowest BCUT2D eigenvalue weighted by Crippen LogP contribution is -2.08. The number of halogens is 2. The molecule has 70 valence electrons. The molecule has 1 aromatic rings. The molecule has 0 aliphatic heterocycles. The molecule has 0 aromatic heterocycles. The number of aliphatic hydroxyl groups is 1. The van der Waals surface area contributed by atoms with E-state index in [9.17, 15) is 13.6 Å². The van der Waals surface area contributed by atoms with Gasteiger partial charge in [-0.2, -0.15) is 0 Å². The van der Waals surface area contributed by atoms with Crippen LogP contribution >= 0.6 is 0 Å². The second-order valence-electron chi connectivity index (χ2n) is 2.66. The van der Waals surface area contributed by atoms with Gasteiger partial charge in [-0.25, -0.2) is 8.78 Å². The first-order chi connectivity index (χ1) is 6.06. The molecule has 0 spiro atoms. The van der Waals surface area contributed by atoms with Crippen molar-refractivity contribution in [2.24, 2.45) is 0 Å². The number of aryl methyl sites for hydroxylation is 1. The lowest BCUT2D eigenvalue weighted by atomic mass is 10.1. The van der Waals surface area contributed by atoms with Crippen LogP contribution in [0.1, 0.15) is 15.9 Å². The lowest BCUT2D eigenvalue weighted by molar-refractivity contribution is 0.0899. The number of ketones is 1. The quantitative estimate of drug-likeness (QED) is 0.710. The van der Waals surface area contributed by atoms with Crippen LogP contribution in [0.4, 0.5) is 8.78 Å². The van der Waals surface area contributed by atoms with Crippen molar-refractivity contribution in [3.8, 4) is 0 Å². The maximum absolute atomic E-state index is 13.0. The van der Waals surface area contributed by atoms with Crippen molar-refractivity contribution in [3.05, 3.63) is 34.9 Å². The van der Waals surface area contributed by atoms with E-state index in [4.69, 9.17) is 5.11 Å². The highest BCUT2D eigenvalue weighted by Crippen LogP contribution is 2.14. The second-order valence-corrected chi connectivity index (χ2v) is 2.66. The summed E-state index contributed by atoms with van der Waals surface area (Å²) in [7, 11) is 0. The molecule has 0 aliphatic carbocycles. The largest absolute Gasteiger partial charge is 0.388 e. The highest BCUT2D eigenvalue weighted by Gasteiger charge is 2.13. The van der Waals surface area contributed by atoms with Crippen molar-refractivity contribution in [2.75, 3.05) is 6.61 Å². The Labute approximate surface area is 73.8 Å². The van der Waals surface area contributed by atoms with Gasteiger partial charge in [0.15, 0.2) is 5.78 Å². The number of rotatable bonds is 2. The van der Waals surface area contributed by atoms with E-state index in [1.807, 2.05) is 0 Å². The summed E-state index contributed by atoms with van der Waals surface area (Å²) in [5.41, 5.74) is -0.280. The molecular formula is C9H8F2O2. The van der Waals surface area contributed by atoms with E-state index in [-0.39, 0.29) is 5.56 Å². The van der Waals surface area contributed by atoms with Gasteiger partial charge in [-0.15, -0.1) is 0 Å². The van der Waals surface area contributed by atoms with E-state index in [0.717, 1.165) is 12.1 Å². The minimum Gasteiger partial charge on any atom is -0.388 e. The molecule has 0 atom stereocenters. The molecule has 13 heavy (non-hydrogen) atoms. The minimum absolute atomic E-state index is 0.131. The average Bonchev–Trinajstić information content (AvgIpc) is 2.10. The molecule has 2 nitrogen and oxygen atoms in total. The van der Waals surface area contributed by atoms with Gasteiger partial charge in [0.2, 0.25) is 0 Å². The summed E-state index contributed by atoms with van der Waals surface area (Å²) in [6.45, 7) is 0.574. The molecule has 0 bridgehead atoms.